The number of allylic oxidation sites excluding steroid dienone is 6. The summed E-state index contributed by atoms with van der Waals surface area (Å²) in [5.41, 5.74) is 0. The van der Waals surface area contributed by atoms with Crippen molar-refractivity contribution in [3.05, 3.63) is 36.5 Å². The average Bonchev–Trinajstić information content (AvgIpc) is 2.58. The third-order valence-corrected chi connectivity index (χ3v) is 3.82. The highest BCUT2D eigenvalue weighted by Gasteiger charge is 1.98. The second kappa shape index (κ2) is 19.7. The van der Waals surface area contributed by atoms with Crippen LogP contribution in [0.25, 0.3) is 0 Å². The summed E-state index contributed by atoms with van der Waals surface area (Å²) in [6.07, 6.45) is 27.1. The monoisotopic (exact) mass is 334 g/mol. The molecule has 138 valence electrons. The molecule has 0 rings (SSSR count). The molecule has 0 unspecified atom stereocenters. The Labute approximate surface area is 150 Å². The predicted octanol–water partition coefficient (Wildman–Crippen LogP) is 6.92. The van der Waals surface area contributed by atoms with Crippen LogP contribution in [0.1, 0.15) is 90.9 Å². The lowest BCUT2D eigenvalue weighted by molar-refractivity contribution is -0.143. The van der Waals surface area contributed by atoms with Gasteiger partial charge in [0.15, 0.2) is 0 Å². The zero-order valence-corrected chi connectivity index (χ0v) is 16.0. The van der Waals surface area contributed by atoms with Crippen LogP contribution in [-0.4, -0.2) is 12.6 Å². The van der Waals surface area contributed by atoms with E-state index in [0.29, 0.717) is 13.0 Å². The molecule has 0 N–H and O–H groups in total. The number of carbonyl (C=O) groups excluding carboxylic acids is 1. The summed E-state index contributed by atoms with van der Waals surface area (Å²) in [5, 5.41) is 0. The van der Waals surface area contributed by atoms with Crippen LogP contribution >= 0.6 is 0 Å². The molecule has 0 aromatic carbocycles. The van der Waals surface area contributed by atoms with E-state index in [4.69, 9.17) is 4.74 Å². The third kappa shape index (κ3) is 18.7. The van der Waals surface area contributed by atoms with Gasteiger partial charge in [0.2, 0.25) is 0 Å². The van der Waals surface area contributed by atoms with E-state index in [1.165, 1.54) is 44.9 Å². The lowest BCUT2D eigenvalue weighted by atomic mass is 10.1. The SMILES string of the molecule is CCCCCCC/C=C/C=C/CCC/C=C\CCCC(=O)OCC. The van der Waals surface area contributed by atoms with Gasteiger partial charge in [-0.05, 0) is 51.9 Å². The first kappa shape index (κ1) is 22.7. The molecule has 0 fully saturated rings. The smallest absolute Gasteiger partial charge is 0.305 e. The normalized spacial score (nSPS) is 11.9. The Morgan fingerprint density at radius 3 is 1.96 bits per heavy atom. The van der Waals surface area contributed by atoms with Crippen LogP contribution in [0.5, 0.6) is 0 Å². The van der Waals surface area contributed by atoms with Crippen molar-refractivity contribution in [1.82, 2.24) is 0 Å². The third-order valence-electron chi connectivity index (χ3n) is 3.82. The second-order valence-corrected chi connectivity index (χ2v) is 6.16. The van der Waals surface area contributed by atoms with Crippen LogP contribution in [0.3, 0.4) is 0 Å². The molecule has 0 radical (unpaired) electrons. The number of ether oxygens (including phenoxy) is 1. The molecular weight excluding hydrogens is 296 g/mol. The minimum atomic E-state index is -0.0787. The molecule has 24 heavy (non-hydrogen) atoms. The lowest BCUT2D eigenvalue weighted by Crippen LogP contribution is -2.02. The maximum Gasteiger partial charge on any atom is 0.305 e. The molecule has 0 aliphatic heterocycles. The van der Waals surface area contributed by atoms with Crippen molar-refractivity contribution < 1.29 is 9.53 Å². The molecule has 2 nitrogen and oxygen atoms in total. The van der Waals surface area contributed by atoms with Gasteiger partial charge in [0.1, 0.15) is 0 Å². The van der Waals surface area contributed by atoms with Gasteiger partial charge in [-0.25, -0.2) is 0 Å². The Kier molecular flexibility index (Phi) is 18.7. The molecule has 0 aromatic rings. The van der Waals surface area contributed by atoms with E-state index in [-0.39, 0.29) is 5.97 Å². The summed E-state index contributed by atoms with van der Waals surface area (Å²) in [6, 6.07) is 0. The fourth-order valence-electron chi connectivity index (χ4n) is 2.40. The van der Waals surface area contributed by atoms with E-state index in [9.17, 15) is 4.79 Å². The Morgan fingerprint density at radius 2 is 1.29 bits per heavy atom. The zero-order chi connectivity index (χ0) is 17.7. The van der Waals surface area contributed by atoms with E-state index >= 15 is 0 Å². The van der Waals surface area contributed by atoms with Crippen molar-refractivity contribution >= 4 is 5.97 Å². The quantitative estimate of drug-likeness (QED) is 0.132. The molecular formula is C22H38O2. The van der Waals surface area contributed by atoms with Gasteiger partial charge in [-0.15, -0.1) is 0 Å². The van der Waals surface area contributed by atoms with Crippen LogP contribution in [0.2, 0.25) is 0 Å². The van der Waals surface area contributed by atoms with Gasteiger partial charge in [0.05, 0.1) is 6.61 Å². The Bertz CT molecular complexity index is 353. The Balaban J connectivity index is 3.33. The van der Waals surface area contributed by atoms with Gasteiger partial charge in [-0.1, -0.05) is 69.1 Å². The maximum absolute atomic E-state index is 11.1. The van der Waals surface area contributed by atoms with Gasteiger partial charge in [-0.3, -0.25) is 4.79 Å². The fraction of sp³-hybridized carbons (Fsp3) is 0.682. The lowest BCUT2D eigenvalue weighted by Gasteiger charge is -1.99. The Hall–Kier alpha value is -1.31. The molecule has 0 spiro atoms. The van der Waals surface area contributed by atoms with E-state index in [0.717, 1.165) is 25.7 Å². The number of esters is 1. The first-order chi connectivity index (χ1) is 11.8. The molecule has 0 amide bonds. The van der Waals surface area contributed by atoms with Crippen LogP contribution in [0.15, 0.2) is 36.5 Å². The Morgan fingerprint density at radius 1 is 0.708 bits per heavy atom. The van der Waals surface area contributed by atoms with Crippen molar-refractivity contribution in [3.63, 3.8) is 0 Å². The van der Waals surface area contributed by atoms with Gasteiger partial charge in [0.25, 0.3) is 0 Å². The highest BCUT2D eigenvalue weighted by Crippen LogP contribution is 2.06. The molecule has 2 heteroatoms. The van der Waals surface area contributed by atoms with E-state index in [2.05, 4.69) is 43.4 Å². The highest BCUT2D eigenvalue weighted by molar-refractivity contribution is 5.69. The van der Waals surface area contributed by atoms with Crippen molar-refractivity contribution in [2.24, 2.45) is 0 Å². The van der Waals surface area contributed by atoms with Crippen LogP contribution in [0.4, 0.5) is 0 Å². The van der Waals surface area contributed by atoms with Crippen LogP contribution in [0, 0.1) is 0 Å². The van der Waals surface area contributed by atoms with Gasteiger partial charge >= 0.3 is 5.97 Å². The largest absolute Gasteiger partial charge is 0.466 e. The number of hydrogen-bond donors (Lipinski definition) is 0. The zero-order valence-electron chi connectivity index (χ0n) is 16.0. The minimum Gasteiger partial charge on any atom is -0.466 e. The van der Waals surface area contributed by atoms with Crippen molar-refractivity contribution in [3.8, 4) is 0 Å². The second-order valence-electron chi connectivity index (χ2n) is 6.16. The number of carbonyl (C=O) groups is 1. The molecule has 0 saturated heterocycles. The van der Waals surface area contributed by atoms with Crippen molar-refractivity contribution in [2.45, 2.75) is 90.9 Å². The fourth-order valence-corrected chi connectivity index (χ4v) is 2.40. The molecule has 0 aliphatic carbocycles. The van der Waals surface area contributed by atoms with Crippen molar-refractivity contribution in [2.75, 3.05) is 6.61 Å². The summed E-state index contributed by atoms with van der Waals surface area (Å²) >= 11 is 0. The van der Waals surface area contributed by atoms with Gasteiger partial charge in [0, 0.05) is 6.42 Å². The topological polar surface area (TPSA) is 26.3 Å². The van der Waals surface area contributed by atoms with Gasteiger partial charge in [-0.2, -0.15) is 0 Å². The molecule has 0 aromatic heterocycles. The van der Waals surface area contributed by atoms with Crippen LogP contribution in [-0.2, 0) is 9.53 Å². The first-order valence-corrected chi connectivity index (χ1v) is 9.93. The number of unbranched alkanes of at least 4 members (excludes halogenated alkanes) is 8. The molecule has 0 heterocycles. The predicted molar refractivity (Wildman–Crippen MR) is 105 cm³/mol. The summed E-state index contributed by atoms with van der Waals surface area (Å²) in [7, 11) is 0. The molecule has 0 aliphatic rings. The van der Waals surface area contributed by atoms with Gasteiger partial charge < -0.3 is 4.74 Å². The average molecular weight is 335 g/mol. The first-order valence-electron chi connectivity index (χ1n) is 9.93. The van der Waals surface area contributed by atoms with E-state index in [1.807, 2.05) is 6.92 Å². The van der Waals surface area contributed by atoms with Crippen LogP contribution < -0.4 is 0 Å². The summed E-state index contributed by atoms with van der Waals surface area (Å²) in [5.74, 6) is -0.0787. The summed E-state index contributed by atoms with van der Waals surface area (Å²) in [6.45, 7) is 4.58. The van der Waals surface area contributed by atoms with E-state index < -0.39 is 0 Å². The van der Waals surface area contributed by atoms with Crippen molar-refractivity contribution in [1.29, 1.82) is 0 Å². The molecule has 0 atom stereocenters. The number of rotatable bonds is 16. The number of hydrogen-bond acceptors (Lipinski definition) is 2. The highest BCUT2D eigenvalue weighted by atomic mass is 16.5. The molecule has 0 saturated carbocycles. The minimum absolute atomic E-state index is 0.0787. The summed E-state index contributed by atoms with van der Waals surface area (Å²) in [4.78, 5) is 11.1. The van der Waals surface area contributed by atoms with E-state index in [1.54, 1.807) is 0 Å². The maximum atomic E-state index is 11.1. The standard InChI is InChI=1S/C22H38O2/c1-3-5-6-7-8-9-10-11-12-13-14-15-16-17-18-19-20-21-22(23)24-4-2/h10-13,17-18H,3-9,14-16,19-21H2,1-2H3/b11-10+,13-12+,18-17-. The summed E-state index contributed by atoms with van der Waals surface area (Å²) < 4.78 is 4.89. The molecule has 0 bridgehead atoms.